The molecule has 1 rings (SSSR count). The number of hydrogen-bond donors (Lipinski definition) is 2. The van der Waals surface area contributed by atoms with Crippen molar-refractivity contribution in [1.82, 2.24) is 4.98 Å². The number of carbonyl (C=O) groups excluding carboxylic acids is 1. The van der Waals surface area contributed by atoms with Gasteiger partial charge in [-0.15, -0.1) is 0 Å². The Morgan fingerprint density at radius 1 is 1.67 bits per heavy atom. The Morgan fingerprint density at radius 2 is 2.42 bits per heavy atom. The van der Waals surface area contributed by atoms with Gasteiger partial charge >= 0.3 is 6.09 Å². The van der Waals surface area contributed by atoms with Crippen LogP contribution in [0.25, 0.3) is 0 Å². The molecule has 0 aliphatic rings. The molecule has 0 radical (unpaired) electrons. The van der Waals surface area contributed by atoms with Gasteiger partial charge in [-0.25, -0.2) is 4.79 Å². The van der Waals surface area contributed by atoms with Crippen molar-refractivity contribution < 1.29 is 14.7 Å². The maximum Gasteiger partial charge on any atom is 0.409 e. The van der Waals surface area contributed by atoms with Crippen LogP contribution in [0.15, 0.2) is 18.3 Å². The fourth-order valence-electron chi connectivity index (χ4n) is 0.732. The number of pyridine rings is 1. The van der Waals surface area contributed by atoms with Crippen LogP contribution in [0.2, 0.25) is 0 Å². The lowest BCUT2D eigenvalue weighted by molar-refractivity contribution is 0.112. The van der Waals surface area contributed by atoms with Crippen LogP contribution in [0.5, 0.6) is 0 Å². The summed E-state index contributed by atoms with van der Waals surface area (Å²) in [5, 5.41) is 10.4. The Bertz CT molecular complexity index is 311. The standard InChI is InChI=1S/C7H6N2O3/c10-4-6-5(9-7(11)12)2-1-3-8-6/h1-4,9H,(H,11,12). The molecule has 5 heteroatoms. The van der Waals surface area contributed by atoms with E-state index in [1.54, 1.807) is 0 Å². The summed E-state index contributed by atoms with van der Waals surface area (Å²) in [6, 6.07) is 3.00. The summed E-state index contributed by atoms with van der Waals surface area (Å²) in [6.07, 6.45) is 0.688. The molecule has 1 aromatic rings. The quantitative estimate of drug-likeness (QED) is 0.642. The minimum absolute atomic E-state index is 0.0832. The summed E-state index contributed by atoms with van der Waals surface area (Å²) < 4.78 is 0. The van der Waals surface area contributed by atoms with Gasteiger partial charge in [-0.3, -0.25) is 15.1 Å². The minimum Gasteiger partial charge on any atom is -0.465 e. The average Bonchev–Trinajstić information content (AvgIpc) is 2.04. The fourth-order valence-corrected chi connectivity index (χ4v) is 0.732. The number of amides is 1. The third kappa shape index (κ3) is 1.79. The highest BCUT2D eigenvalue weighted by Crippen LogP contribution is 2.08. The van der Waals surface area contributed by atoms with Crippen molar-refractivity contribution in [3.8, 4) is 0 Å². The number of hydrogen-bond acceptors (Lipinski definition) is 3. The number of nitrogens with one attached hydrogen (secondary N) is 1. The number of nitrogens with zero attached hydrogens (tertiary/aromatic N) is 1. The van der Waals surface area contributed by atoms with Gasteiger partial charge in [0.05, 0.1) is 5.69 Å². The molecule has 12 heavy (non-hydrogen) atoms. The van der Waals surface area contributed by atoms with Crippen LogP contribution in [-0.4, -0.2) is 22.5 Å². The molecule has 1 aromatic heterocycles. The molecule has 0 spiro atoms. The molecule has 0 unspecified atom stereocenters. The number of carboxylic acid groups (broad SMARTS) is 1. The van der Waals surface area contributed by atoms with E-state index < -0.39 is 6.09 Å². The van der Waals surface area contributed by atoms with Crippen LogP contribution < -0.4 is 5.32 Å². The SMILES string of the molecule is O=Cc1ncccc1NC(=O)O. The number of aldehydes is 1. The van der Waals surface area contributed by atoms with E-state index in [9.17, 15) is 9.59 Å². The normalized spacial score (nSPS) is 9.00. The van der Waals surface area contributed by atoms with Gasteiger partial charge in [0, 0.05) is 6.20 Å². The summed E-state index contributed by atoms with van der Waals surface area (Å²) in [5.41, 5.74) is 0.278. The molecule has 1 heterocycles. The maximum absolute atomic E-state index is 10.3. The van der Waals surface area contributed by atoms with Crippen molar-refractivity contribution in [2.24, 2.45) is 0 Å². The number of anilines is 1. The van der Waals surface area contributed by atoms with Crippen LogP contribution in [0.1, 0.15) is 10.5 Å². The summed E-state index contributed by atoms with van der Waals surface area (Å²) >= 11 is 0. The molecular weight excluding hydrogens is 160 g/mol. The first-order valence-electron chi connectivity index (χ1n) is 3.14. The molecule has 0 atom stereocenters. The first kappa shape index (κ1) is 8.19. The molecule has 0 aliphatic carbocycles. The second-order valence-corrected chi connectivity index (χ2v) is 1.98. The molecular formula is C7H6N2O3. The van der Waals surface area contributed by atoms with Crippen LogP contribution in [0.3, 0.4) is 0 Å². The van der Waals surface area contributed by atoms with Crippen molar-refractivity contribution in [3.63, 3.8) is 0 Å². The molecule has 5 nitrogen and oxygen atoms in total. The molecule has 0 aliphatic heterocycles. The number of aromatic nitrogens is 1. The molecule has 0 aromatic carbocycles. The average molecular weight is 166 g/mol. The second-order valence-electron chi connectivity index (χ2n) is 1.98. The topological polar surface area (TPSA) is 79.3 Å². The summed E-state index contributed by atoms with van der Waals surface area (Å²) in [5.74, 6) is 0. The lowest BCUT2D eigenvalue weighted by Gasteiger charge is -2.00. The van der Waals surface area contributed by atoms with Gasteiger partial charge in [0.15, 0.2) is 6.29 Å². The van der Waals surface area contributed by atoms with Crippen molar-refractivity contribution in [3.05, 3.63) is 24.0 Å². The molecule has 62 valence electrons. The fraction of sp³-hybridized carbons (Fsp3) is 0. The highest BCUT2D eigenvalue weighted by molar-refractivity contribution is 5.90. The van der Waals surface area contributed by atoms with Crippen LogP contribution in [0.4, 0.5) is 10.5 Å². The first-order chi connectivity index (χ1) is 5.74. The van der Waals surface area contributed by atoms with Gasteiger partial charge in [-0.05, 0) is 12.1 Å². The molecule has 0 fully saturated rings. The van der Waals surface area contributed by atoms with Crippen molar-refractivity contribution in [1.29, 1.82) is 0 Å². The van der Waals surface area contributed by atoms with Gasteiger partial charge in [-0.2, -0.15) is 0 Å². The van der Waals surface area contributed by atoms with E-state index in [2.05, 4.69) is 4.98 Å². The Labute approximate surface area is 68.0 Å². The highest BCUT2D eigenvalue weighted by atomic mass is 16.4. The van der Waals surface area contributed by atoms with Gasteiger partial charge in [0.25, 0.3) is 0 Å². The lowest BCUT2D eigenvalue weighted by Crippen LogP contribution is -2.09. The van der Waals surface area contributed by atoms with Crippen molar-refractivity contribution >= 4 is 18.1 Å². The zero-order valence-corrected chi connectivity index (χ0v) is 6.02. The number of carbonyl (C=O) groups is 2. The Hall–Kier alpha value is -1.91. The summed E-state index contributed by atoms with van der Waals surface area (Å²) in [7, 11) is 0. The van der Waals surface area contributed by atoms with E-state index in [0.717, 1.165) is 0 Å². The zero-order valence-electron chi connectivity index (χ0n) is 6.02. The smallest absolute Gasteiger partial charge is 0.409 e. The van der Waals surface area contributed by atoms with Crippen LogP contribution >= 0.6 is 0 Å². The van der Waals surface area contributed by atoms with E-state index in [0.29, 0.717) is 6.29 Å². The van der Waals surface area contributed by atoms with E-state index in [1.807, 2.05) is 5.32 Å². The Morgan fingerprint density at radius 3 is 3.00 bits per heavy atom. The third-order valence-corrected chi connectivity index (χ3v) is 1.19. The van der Waals surface area contributed by atoms with Crippen molar-refractivity contribution in [2.45, 2.75) is 0 Å². The summed E-state index contributed by atoms with van der Waals surface area (Å²) in [6.45, 7) is 0. The monoisotopic (exact) mass is 166 g/mol. The van der Waals surface area contributed by atoms with Gasteiger partial charge in [-0.1, -0.05) is 0 Å². The van der Waals surface area contributed by atoms with Crippen LogP contribution in [-0.2, 0) is 0 Å². The van der Waals surface area contributed by atoms with Gasteiger partial charge < -0.3 is 5.11 Å². The van der Waals surface area contributed by atoms with E-state index in [1.165, 1.54) is 18.3 Å². The molecule has 0 saturated heterocycles. The minimum atomic E-state index is -1.22. The lowest BCUT2D eigenvalue weighted by atomic mass is 10.3. The molecule has 1 amide bonds. The largest absolute Gasteiger partial charge is 0.465 e. The first-order valence-corrected chi connectivity index (χ1v) is 3.14. The predicted molar refractivity (Wildman–Crippen MR) is 41.3 cm³/mol. The molecule has 0 saturated carbocycles. The maximum atomic E-state index is 10.3. The van der Waals surface area contributed by atoms with Gasteiger partial charge in [0.2, 0.25) is 0 Å². The zero-order chi connectivity index (χ0) is 8.97. The van der Waals surface area contributed by atoms with E-state index in [4.69, 9.17) is 5.11 Å². The predicted octanol–water partition coefficient (Wildman–Crippen LogP) is 0.984. The van der Waals surface area contributed by atoms with Crippen LogP contribution in [0, 0.1) is 0 Å². The third-order valence-electron chi connectivity index (χ3n) is 1.19. The highest BCUT2D eigenvalue weighted by Gasteiger charge is 2.03. The number of rotatable bonds is 2. The van der Waals surface area contributed by atoms with Gasteiger partial charge in [0.1, 0.15) is 5.69 Å². The van der Waals surface area contributed by atoms with E-state index in [-0.39, 0.29) is 11.4 Å². The Kier molecular flexibility index (Phi) is 2.37. The van der Waals surface area contributed by atoms with E-state index >= 15 is 0 Å². The Balaban J connectivity index is 2.96. The molecule has 0 bridgehead atoms. The summed E-state index contributed by atoms with van der Waals surface area (Å²) in [4.78, 5) is 24.2. The second kappa shape index (κ2) is 3.47. The molecule has 2 N–H and O–H groups in total. The van der Waals surface area contributed by atoms with Crippen molar-refractivity contribution in [2.75, 3.05) is 5.32 Å².